The first-order valence-corrected chi connectivity index (χ1v) is 10.3. The minimum atomic E-state index is -0.352. The van der Waals surface area contributed by atoms with Gasteiger partial charge < -0.3 is 10.2 Å². The van der Waals surface area contributed by atoms with Gasteiger partial charge in [0.2, 0.25) is 5.91 Å². The van der Waals surface area contributed by atoms with Crippen molar-refractivity contribution < 1.29 is 9.59 Å². The van der Waals surface area contributed by atoms with Gasteiger partial charge in [-0.1, -0.05) is 36.4 Å². The van der Waals surface area contributed by atoms with E-state index >= 15 is 0 Å². The Hall–Kier alpha value is -3.74. The Labute approximate surface area is 180 Å². The summed E-state index contributed by atoms with van der Waals surface area (Å²) in [4.78, 5) is 39.5. The smallest absolute Gasteiger partial charge is 0.278 e. The highest BCUT2D eigenvalue weighted by Crippen LogP contribution is 2.32. The Morgan fingerprint density at radius 2 is 1.81 bits per heavy atom. The molecular formula is C24H24N4O3. The fourth-order valence-corrected chi connectivity index (χ4v) is 3.85. The molecule has 0 saturated carbocycles. The maximum atomic E-state index is 13.2. The van der Waals surface area contributed by atoms with Gasteiger partial charge in [-0.25, -0.2) is 4.68 Å². The number of carbonyl (C=O) groups excluding carboxylic acids is 2. The molecule has 1 aliphatic rings. The third kappa shape index (κ3) is 4.26. The van der Waals surface area contributed by atoms with Crippen molar-refractivity contribution in [2.45, 2.75) is 39.3 Å². The molecule has 4 rings (SSSR count). The van der Waals surface area contributed by atoms with Gasteiger partial charge in [-0.05, 0) is 49.6 Å². The summed E-state index contributed by atoms with van der Waals surface area (Å²) in [6.45, 7) is 3.99. The van der Waals surface area contributed by atoms with Crippen molar-refractivity contribution in [2.75, 3.05) is 10.2 Å². The van der Waals surface area contributed by atoms with Crippen LogP contribution in [0.2, 0.25) is 0 Å². The zero-order chi connectivity index (χ0) is 22.0. The molecule has 0 unspecified atom stereocenters. The van der Waals surface area contributed by atoms with Crippen LogP contribution in [0.4, 0.5) is 11.4 Å². The first-order chi connectivity index (χ1) is 14.9. The molecule has 0 fully saturated rings. The second-order valence-corrected chi connectivity index (χ2v) is 7.75. The second kappa shape index (κ2) is 8.55. The highest BCUT2D eigenvalue weighted by molar-refractivity contribution is 6.06. The molecule has 3 aromatic rings. The number of aromatic nitrogens is 2. The van der Waals surface area contributed by atoms with Crippen LogP contribution in [0.1, 0.15) is 35.0 Å². The number of fused-ring (bicyclic) bond motifs is 1. The summed E-state index contributed by atoms with van der Waals surface area (Å²) >= 11 is 0. The molecule has 158 valence electrons. The van der Waals surface area contributed by atoms with E-state index in [9.17, 15) is 14.4 Å². The maximum Gasteiger partial charge on any atom is 0.278 e. The molecule has 1 aliphatic heterocycles. The molecule has 0 radical (unpaired) electrons. The van der Waals surface area contributed by atoms with Crippen molar-refractivity contribution in [3.8, 4) is 0 Å². The Morgan fingerprint density at radius 1 is 1.06 bits per heavy atom. The average Bonchev–Trinajstić information content (AvgIpc) is 3.10. The van der Waals surface area contributed by atoms with E-state index in [1.54, 1.807) is 4.90 Å². The van der Waals surface area contributed by atoms with E-state index in [1.807, 2.05) is 62.4 Å². The number of amides is 2. The summed E-state index contributed by atoms with van der Waals surface area (Å²) in [5.74, 6) is -0.475. The molecule has 2 amide bonds. The summed E-state index contributed by atoms with van der Waals surface area (Å²) in [7, 11) is 0. The molecule has 1 aromatic heterocycles. The summed E-state index contributed by atoms with van der Waals surface area (Å²) in [5, 5.41) is 7.10. The van der Waals surface area contributed by atoms with E-state index in [1.165, 1.54) is 16.8 Å². The molecule has 2 heterocycles. The molecule has 31 heavy (non-hydrogen) atoms. The summed E-state index contributed by atoms with van der Waals surface area (Å²) < 4.78 is 1.18. The first-order valence-electron chi connectivity index (χ1n) is 10.3. The lowest BCUT2D eigenvalue weighted by Crippen LogP contribution is -2.37. The minimum absolute atomic E-state index is 0.00645. The topological polar surface area (TPSA) is 84.3 Å². The molecule has 0 aliphatic carbocycles. The molecule has 7 nitrogen and oxygen atoms in total. The number of nitrogens with one attached hydrogen (secondary N) is 1. The van der Waals surface area contributed by atoms with E-state index < -0.39 is 0 Å². The molecule has 0 saturated heterocycles. The van der Waals surface area contributed by atoms with Crippen LogP contribution >= 0.6 is 0 Å². The highest BCUT2D eigenvalue weighted by Gasteiger charge is 2.32. The lowest BCUT2D eigenvalue weighted by molar-refractivity contribution is -0.116. The second-order valence-electron chi connectivity index (χ2n) is 7.75. The molecule has 0 bridgehead atoms. The number of benzene rings is 2. The van der Waals surface area contributed by atoms with E-state index in [-0.39, 0.29) is 42.1 Å². The lowest BCUT2D eigenvalue weighted by Gasteiger charge is -2.22. The van der Waals surface area contributed by atoms with Crippen LogP contribution in [0, 0.1) is 6.92 Å². The molecule has 1 N–H and O–H groups in total. The number of para-hydroxylation sites is 2. The van der Waals surface area contributed by atoms with Crippen LogP contribution in [0.25, 0.3) is 0 Å². The van der Waals surface area contributed by atoms with Crippen molar-refractivity contribution in [1.29, 1.82) is 0 Å². The minimum Gasteiger partial charge on any atom is -0.326 e. The molecule has 2 aromatic carbocycles. The molecule has 0 spiro atoms. The Bertz CT molecular complexity index is 1200. The number of nitrogens with zero attached hydrogens (tertiary/aromatic N) is 3. The number of aryl methyl sites for hydroxylation is 2. The third-order valence-electron chi connectivity index (χ3n) is 5.48. The summed E-state index contributed by atoms with van der Waals surface area (Å²) in [6.07, 6.45) is 0.850. The van der Waals surface area contributed by atoms with Gasteiger partial charge in [0.15, 0.2) is 0 Å². The fourth-order valence-electron chi connectivity index (χ4n) is 3.85. The Kier molecular flexibility index (Phi) is 5.66. The molecular weight excluding hydrogens is 392 g/mol. The van der Waals surface area contributed by atoms with Crippen molar-refractivity contribution >= 4 is 23.2 Å². The standard InChI is InChI=1S/C24H24N4O3/c1-16-7-3-5-9-19(16)25-22(29)13-14-27-23(30)12-11-20(26-27)24(31)28-17(2)15-18-8-4-6-10-21(18)28/h3-12,17H,13-15H2,1-2H3,(H,25,29)/t17-/m1/s1. The van der Waals surface area contributed by atoms with Gasteiger partial charge in [0, 0.05) is 29.9 Å². The fraction of sp³-hybridized carbons (Fsp3) is 0.250. The lowest BCUT2D eigenvalue weighted by atomic mass is 10.1. The van der Waals surface area contributed by atoms with Gasteiger partial charge >= 0.3 is 0 Å². The van der Waals surface area contributed by atoms with Crippen LogP contribution in [-0.2, 0) is 17.8 Å². The van der Waals surface area contributed by atoms with Crippen molar-refractivity contribution in [1.82, 2.24) is 9.78 Å². The first kappa shape index (κ1) is 20.5. The number of hydrogen-bond acceptors (Lipinski definition) is 4. The van der Waals surface area contributed by atoms with Crippen LogP contribution in [0.15, 0.2) is 65.5 Å². The number of carbonyl (C=O) groups is 2. The summed E-state index contributed by atoms with van der Waals surface area (Å²) in [6, 6.07) is 18.1. The van der Waals surface area contributed by atoms with Crippen molar-refractivity contribution in [3.05, 3.63) is 87.8 Å². The predicted octanol–water partition coefficient (Wildman–Crippen LogP) is 3.17. The normalized spacial score (nSPS) is 14.9. The van der Waals surface area contributed by atoms with Crippen LogP contribution in [0.5, 0.6) is 0 Å². The van der Waals surface area contributed by atoms with Gasteiger partial charge in [-0.3, -0.25) is 14.4 Å². The summed E-state index contributed by atoms with van der Waals surface area (Å²) in [5.41, 5.74) is 3.51. The van der Waals surface area contributed by atoms with Crippen molar-refractivity contribution in [2.24, 2.45) is 0 Å². The van der Waals surface area contributed by atoms with Crippen LogP contribution in [-0.4, -0.2) is 27.6 Å². The van der Waals surface area contributed by atoms with Crippen molar-refractivity contribution in [3.63, 3.8) is 0 Å². The van der Waals surface area contributed by atoms with Crippen LogP contribution < -0.4 is 15.8 Å². The largest absolute Gasteiger partial charge is 0.326 e. The average molecular weight is 416 g/mol. The molecule has 1 atom stereocenters. The Morgan fingerprint density at radius 3 is 2.61 bits per heavy atom. The van der Waals surface area contributed by atoms with Gasteiger partial charge in [-0.2, -0.15) is 5.10 Å². The number of anilines is 2. The van der Waals surface area contributed by atoms with Crippen LogP contribution in [0.3, 0.4) is 0 Å². The van der Waals surface area contributed by atoms with Gasteiger partial charge in [0.25, 0.3) is 11.5 Å². The van der Waals surface area contributed by atoms with E-state index in [0.29, 0.717) is 0 Å². The Balaban J connectivity index is 1.49. The highest BCUT2D eigenvalue weighted by atomic mass is 16.2. The predicted molar refractivity (Wildman–Crippen MR) is 119 cm³/mol. The zero-order valence-electron chi connectivity index (χ0n) is 17.5. The number of hydrogen-bond donors (Lipinski definition) is 1. The molecule has 7 heteroatoms. The monoisotopic (exact) mass is 416 g/mol. The quantitative estimate of drug-likeness (QED) is 0.692. The van der Waals surface area contributed by atoms with Gasteiger partial charge in [0.05, 0.1) is 6.54 Å². The SMILES string of the molecule is Cc1ccccc1NC(=O)CCn1nc(C(=O)N2c3ccccc3C[C@H]2C)ccc1=O. The van der Waals surface area contributed by atoms with Gasteiger partial charge in [-0.15, -0.1) is 0 Å². The maximum absolute atomic E-state index is 13.2. The number of rotatable bonds is 5. The zero-order valence-corrected chi connectivity index (χ0v) is 17.5. The van der Waals surface area contributed by atoms with E-state index in [0.717, 1.165) is 28.9 Å². The van der Waals surface area contributed by atoms with E-state index in [2.05, 4.69) is 10.4 Å². The van der Waals surface area contributed by atoms with E-state index in [4.69, 9.17) is 0 Å². The van der Waals surface area contributed by atoms with Gasteiger partial charge in [0.1, 0.15) is 5.69 Å². The third-order valence-corrected chi connectivity index (χ3v) is 5.48.